The van der Waals surface area contributed by atoms with Crippen LogP contribution in [0.1, 0.15) is 6.85 Å². The van der Waals surface area contributed by atoms with Crippen LogP contribution in [0.4, 0.5) is 17.1 Å². The standard InChI is InChI=1S/C52H32N2OS/c1-3-11-36(12-4-1)53(39-25-27-50-45(31-39)41-16-8-10-18-49(41)55-50)38-23-19-33(20-24-38)34-22-28-51-46(29-34)42-26-21-35-30-48-44(32-43(35)52(42)56-51)40-15-7-9-17-47(40)54(48)37-13-5-2-6-14-37/h1-32H/i1D,3D,4D,11D,12D. The molecule has 0 radical (unpaired) electrons. The summed E-state index contributed by atoms with van der Waals surface area (Å²) in [6, 6.07) is 54.7. The molecule has 0 unspecified atom stereocenters. The average molecular weight is 738 g/mol. The number of rotatable bonds is 5. The van der Waals surface area contributed by atoms with Crippen LogP contribution in [-0.2, 0) is 0 Å². The molecule has 0 N–H and O–H groups in total. The van der Waals surface area contributed by atoms with Crippen molar-refractivity contribution in [1.29, 1.82) is 0 Å². The van der Waals surface area contributed by atoms with E-state index in [4.69, 9.17) is 11.3 Å². The van der Waals surface area contributed by atoms with Gasteiger partial charge in [0.25, 0.3) is 0 Å². The molecule has 0 bridgehead atoms. The Hall–Kier alpha value is -7.14. The van der Waals surface area contributed by atoms with Crippen molar-refractivity contribution in [2.45, 2.75) is 0 Å². The van der Waals surface area contributed by atoms with Crippen LogP contribution in [0.5, 0.6) is 0 Å². The largest absolute Gasteiger partial charge is 0.456 e. The minimum atomic E-state index is -0.432. The van der Waals surface area contributed by atoms with Gasteiger partial charge in [-0.2, -0.15) is 0 Å². The molecule has 0 fully saturated rings. The van der Waals surface area contributed by atoms with E-state index < -0.39 is 6.04 Å². The van der Waals surface area contributed by atoms with Crippen LogP contribution in [0.25, 0.3) is 91.5 Å². The van der Waals surface area contributed by atoms with E-state index in [-0.39, 0.29) is 29.9 Å². The number of benzene rings is 9. The van der Waals surface area contributed by atoms with Crippen molar-refractivity contribution < 1.29 is 11.3 Å². The normalized spacial score (nSPS) is 13.2. The Labute approximate surface area is 333 Å². The van der Waals surface area contributed by atoms with Gasteiger partial charge in [0.05, 0.1) is 17.9 Å². The number of thiophene rings is 1. The number of hydrogen-bond acceptors (Lipinski definition) is 3. The maximum atomic E-state index is 8.96. The van der Waals surface area contributed by atoms with Gasteiger partial charge in [-0.15, -0.1) is 11.3 Å². The fourth-order valence-electron chi connectivity index (χ4n) is 8.47. The Morgan fingerprint density at radius 2 is 1.21 bits per heavy atom. The quantitative estimate of drug-likeness (QED) is 0.175. The van der Waals surface area contributed by atoms with Crippen molar-refractivity contribution in [2.24, 2.45) is 0 Å². The minimum absolute atomic E-state index is 0.0752. The Bertz CT molecular complexity index is 3750. The van der Waals surface area contributed by atoms with E-state index in [0.29, 0.717) is 17.0 Å². The van der Waals surface area contributed by atoms with Crippen LogP contribution < -0.4 is 4.90 Å². The molecule has 4 heteroatoms. The predicted octanol–water partition coefficient (Wildman–Crippen LogP) is 15.3. The highest BCUT2D eigenvalue weighted by Gasteiger charge is 2.18. The summed E-state index contributed by atoms with van der Waals surface area (Å²) in [5.74, 6) is 0. The van der Waals surface area contributed by atoms with Gasteiger partial charge < -0.3 is 13.9 Å². The molecular weight excluding hydrogens is 701 g/mol. The van der Waals surface area contributed by atoms with E-state index in [2.05, 4.69) is 102 Å². The Balaban J connectivity index is 0.980. The zero-order valence-corrected chi connectivity index (χ0v) is 30.6. The van der Waals surface area contributed by atoms with Crippen LogP contribution in [-0.4, -0.2) is 4.57 Å². The highest BCUT2D eigenvalue weighted by Crippen LogP contribution is 2.44. The zero-order chi connectivity index (χ0) is 41.1. The molecule has 0 saturated carbocycles. The van der Waals surface area contributed by atoms with Gasteiger partial charge in [0.1, 0.15) is 11.2 Å². The highest BCUT2D eigenvalue weighted by atomic mass is 32.1. The maximum absolute atomic E-state index is 8.96. The molecular formula is C52H32N2OS. The molecule has 3 heterocycles. The van der Waals surface area contributed by atoms with E-state index in [1.54, 1.807) is 4.90 Å². The highest BCUT2D eigenvalue weighted by molar-refractivity contribution is 7.26. The molecule has 0 saturated heterocycles. The third-order valence-corrected chi connectivity index (χ3v) is 12.3. The molecule has 3 nitrogen and oxygen atoms in total. The van der Waals surface area contributed by atoms with Crippen molar-refractivity contribution >= 4 is 103 Å². The monoisotopic (exact) mass is 737 g/mol. The van der Waals surface area contributed by atoms with E-state index in [9.17, 15) is 0 Å². The van der Waals surface area contributed by atoms with Gasteiger partial charge in [0.15, 0.2) is 0 Å². The van der Waals surface area contributed by atoms with Crippen molar-refractivity contribution in [2.75, 3.05) is 4.90 Å². The lowest BCUT2D eigenvalue weighted by atomic mass is 10.00. The Morgan fingerprint density at radius 1 is 0.464 bits per heavy atom. The molecule has 3 aromatic heterocycles. The number of nitrogens with zero attached hydrogens (tertiary/aromatic N) is 2. The smallest absolute Gasteiger partial charge is 0.135 e. The van der Waals surface area contributed by atoms with Crippen LogP contribution in [0.15, 0.2) is 198 Å². The Kier molecular flexibility index (Phi) is 5.79. The lowest BCUT2D eigenvalue weighted by Crippen LogP contribution is -2.09. The number of anilines is 3. The fourth-order valence-corrected chi connectivity index (χ4v) is 9.68. The summed E-state index contributed by atoms with van der Waals surface area (Å²) >= 11 is 1.82. The summed E-state index contributed by atoms with van der Waals surface area (Å²) in [5, 5.41) is 9.11. The van der Waals surface area contributed by atoms with Gasteiger partial charge in [0.2, 0.25) is 0 Å². The van der Waals surface area contributed by atoms with Crippen LogP contribution in [0, 0.1) is 0 Å². The summed E-state index contributed by atoms with van der Waals surface area (Å²) in [6.45, 7) is 0. The number of aromatic nitrogens is 1. The first-order chi connectivity index (χ1) is 29.8. The molecule has 0 spiro atoms. The summed E-state index contributed by atoms with van der Waals surface area (Å²) in [6.07, 6.45) is 0. The first-order valence-electron chi connectivity index (χ1n) is 21.1. The lowest BCUT2D eigenvalue weighted by molar-refractivity contribution is 0.669. The molecule has 0 amide bonds. The van der Waals surface area contributed by atoms with Gasteiger partial charge >= 0.3 is 0 Å². The number of para-hydroxylation sites is 4. The average Bonchev–Trinajstić information content (AvgIpc) is 3.98. The van der Waals surface area contributed by atoms with E-state index in [0.717, 1.165) is 33.2 Å². The summed E-state index contributed by atoms with van der Waals surface area (Å²) in [4.78, 5) is 1.75. The van der Waals surface area contributed by atoms with Gasteiger partial charge in [-0.25, -0.2) is 0 Å². The molecule has 0 aliphatic rings. The summed E-state index contributed by atoms with van der Waals surface area (Å²) in [5.41, 5.74) is 8.40. The molecule has 0 aliphatic heterocycles. The van der Waals surface area contributed by atoms with E-state index in [1.807, 2.05) is 78.1 Å². The van der Waals surface area contributed by atoms with E-state index in [1.165, 1.54) is 52.8 Å². The second-order valence-electron chi connectivity index (χ2n) is 14.2. The number of hydrogen-bond donors (Lipinski definition) is 0. The topological polar surface area (TPSA) is 21.3 Å². The molecule has 56 heavy (non-hydrogen) atoms. The first-order valence-corrected chi connectivity index (χ1v) is 19.4. The van der Waals surface area contributed by atoms with Crippen LogP contribution >= 0.6 is 11.3 Å². The van der Waals surface area contributed by atoms with Crippen molar-refractivity contribution in [3.05, 3.63) is 194 Å². The third kappa shape index (κ3) is 4.76. The summed E-state index contributed by atoms with van der Waals surface area (Å²) < 4.78 is 54.2. The Morgan fingerprint density at radius 3 is 2.09 bits per heavy atom. The molecule has 12 rings (SSSR count). The van der Waals surface area contributed by atoms with Crippen LogP contribution in [0.3, 0.4) is 0 Å². The molecule has 12 aromatic rings. The van der Waals surface area contributed by atoms with Crippen molar-refractivity contribution in [3.63, 3.8) is 0 Å². The molecule has 0 aliphatic carbocycles. The van der Waals surface area contributed by atoms with Crippen molar-refractivity contribution in [1.82, 2.24) is 4.57 Å². The summed E-state index contributed by atoms with van der Waals surface area (Å²) in [7, 11) is 0. The van der Waals surface area contributed by atoms with Gasteiger partial charge in [-0.1, -0.05) is 103 Å². The maximum Gasteiger partial charge on any atom is 0.135 e. The first kappa shape index (κ1) is 26.6. The molecule has 0 atom stereocenters. The molecule has 9 aromatic carbocycles. The number of furan rings is 1. The predicted molar refractivity (Wildman–Crippen MR) is 239 cm³/mol. The third-order valence-electron chi connectivity index (χ3n) is 11.0. The number of fused-ring (bicyclic) bond motifs is 11. The van der Waals surface area contributed by atoms with E-state index >= 15 is 0 Å². The second kappa shape index (κ2) is 12.2. The SMILES string of the molecule is [2H]c1c([2H])c([2H])c(N(c2ccc(-c3ccc4sc5c6cc7c8ccccc8n(-c8ccccc8)c7cc6ccc5c4c3)cc2)c2ccc3oc4ccccc4c3c2)c([2H])c1[2H]. The van der Waals surface area contributed by atoms with Crippen LogP contribution in [0.2, 0.25) is 0 Å². The zero-order valence-electron chi connectivity index (χ0n) is 34.8. The van der Waals surface area contributed by atoms with Gasteiger partial charge in [0, 0.05) is 69.9 Å². The molecule has 262 valence electrons. The van der Waals surface area contributed by atoms with Gasteiger partial charge in [-0.05, 0) is 107 Å². The van der Waals surface area contributed by atoms with Gasteiger partial charge in [-0.3, -0.25) is 0 Å². The van der Waals surface area contributed by atoms with Crippen molar-refractivity contribution in [3.8, 4) is 16.8 Å². The fraction of sp³-hybridized carbons (Fsp3) is 0. The minimum Gasteiger partial charge on any atom is -0.456 e. The second-order valence-corrected chi connectivity index (χ2v) is 15.2. The lowest BCUT2D eigenvalue weighted by Gasteiger charge is -2.25.